The summed E-state index contributed by atoms with van der Waals surface area (Å²) in [5, 5.41) is 12.0. The van der Waals surface area contributed by atoms with Crippen molar-refractivity contribution in [3.8, 4) is 11.5 Å². The minimum Gasteiger partial charge on any atom is -0.507 e. The van der Waals surface area contributed by atoms with Crippen LogP contribution in [0.15, 0.2) is 52.5 Å². The first kappa shape index (κ1) is 23.7. The zero-order valence-corrected chi connectivity index (χ0v) is 20.3. The molecular weight excluding hydrogens is 481 g/mol. The van der Waals surface area contributed by atoms with Gasteiger partial charge in [-0.15, -0.1) is 0 Å². The first-order chi connectivity index (χ1) is 16.2. The number of hydrogen-bond acceptors (Lipinski definition) is 6. The number of ketones is 1. The molecule has 34 heavy (non-hydrogen) atoms. The molecule has 0 bridgehead atoms. The quantitative estimate of drug-likeness (QED) is 0.268. The second-order valence-corrected chi connectivity index (χ2v) is 8.55. The van der Waals surface area contributed by atoms with Crippen LogP contribution in [0.2, 0.25) is 10.0 Å². The van der Waals surface area contributed by atoms with Crippen LogP contribution in [0, 0.1) is 13.8 Å². The Balaban J connectivity index is 1.98. The number of aryl methyl sites for hydroxylation is 2. The lowest BCUT2D eigenvalue weighted by molar-refractivity contribution is -0.132. The molecule has 0 radical (unpaired) electrons. The van der Waals surface area contributed by atoms with E-state index >= 15 is 0 Å². The topological polar surface area (TPSA) is 89.2 Å². The number of carbonyl (C=O) groups excluding carboxylic acids is 2. The summed E-state index contributed by atoms with van der Waals surface area (Å²) in [5.74, 6) is -0.775. The van der Waals surface area contributed by atoms with Gasteiger partial charge in [-0.3, -0.25) is 14.5 Å². The summed E-state index contributed by atoms with van der Waals surface area (Å²) < 4.78 is 16.4. The first-order valence-electron chi connectivity index (χ1n) is 10.2. The number of nitrogens with zero attached hydrogens (tertiary/aromatic N) is 1. The summed E-state index contributed by atoms with van der Waals surface area (Å²) in [4.78, 5) is 27.8. The first-order valence-corrected chi connectivity index (χ1v) is 11.0. The van der Waals surface area contributed by atoms with Crippen molar-refractivity contribution in [2.24, 2.45) is 0 Å². The van der Waals surface area contributed by atoms with E-state index in [9.17, 15) is 14.7 Å². The van der Waals surface area contributed by atoms with Crippen LogP contribution in [-0.4, -0.2) is 31.0 Å². The van der Waals surface area contributed by atoms with Crippen molar-refractivity contribution in [2.45, 2.75) is 19.9 Å². The zero-order valence-electron chi connectivity index (χ0n) is 18.8. The lowest BCUT2D eigenvalue weighted by Gasteiger charge is -2.24. The maximum atomic E-state index is 13.3. The highest BCUT2D eigenvalue weighted by Crippen LogP contribution is 2.45. The van der Waals surface area contributed by atoms with Crippen LogP contribution in [0.25, 0.3) is 5.76 Å². The van der Waals surface area contributed by atoms with Crippen molar-refractivity contribution < 1.29 is 28.6 Å². The number of Topliss-reactive ketones (excluding diaryl/α,β-unsaturated/α-hetero) is 1. The van der Waals surface area contributed by atoms with Crippen LogP contribution >= 0.6 is 23.2 Å². The SMILES string of the molecule is COc1cc(OC)c(/C(O)=C2\C(=O)C(=O)N(c3ccc(C)c(Cl)c3)C2c2ccc(C)o2)cc1Cl. The number of methoxy groups -OCH3 is 2. The van der Waals surface area contributed by atoms with E-state index < -0.39 is 23.5 Å². The zero-order chi connectivity index (χ0) is 24.7. The molecule has 0 aliphatic carbocycles. The van der Waals surface area contributed by atoms with Gasteiger partial charge in [0, 0.05) is 16.8 Å². The molecule has 2 heterocycles. The Labute approximate surface area is 206 Å². The van der Waals surface area contributed by atoms with Gasteiger partial charge in [-0.2, -0.15) is 0 Å². The summed E-state index contributed by atoms with van der Waals surface area (Å²) in [7, 11) is 2.84. The van der Waals surface area contributed by atoms with Gasteiger partial charge in [0.15, 0.2) is 0 Å². The van der Waals surface area contributed by atoms with Crippen molar-refractivity contribution in [3.63, 3.8) is 0 Å². The van der Waals surface area contributed by atoms with E-state index in [2.05, 4.69) is 0 Å². The molecule has 1 aliphatic heterocycles. The number of amides is 1. The third-order valence-corrected chi connectivity index (χ3v) is 6.34. The Morgan fingerprint density at radius 2 is 1.68 bits per heavy atom. The Bertz CT molecular complexity index is 1340. The number of hydrogen-bond donors (Lipinski definition) is 1. The fraction of sp³-hybridized carbons (Fsp3) is 0.200. The fourth-order valence-electron chi connectivity index (χ4n) is 3.89. The Kier molecular flexibility index (Phi) is 6.34. The van der Waals surface area contributed by atoms with E-state index in [1.54, 1.807) is 37.3 Å². The number of benzene rings is 2. The van der Waals surface area contributed by atoms with Crippen LogP contribution in [0.1, 0.15) is 28.7 Å². The van der Waals surface area contributed by atoms with Crippen LogP contribution in [0.4, 0.5) is 5.69 Å². The summed E-state index contributed by atoms with van der Waals surface area (Å²) in [6, 6.07) is 10.2. The number of furan rings is 1. The van der Waals surface area contributed by atoms with Gasteiger partial charge < -0.3 is 19.0 Å². The molecule has 9 heteroatoms. The molecule has 0 spiro atoms. The number of aliphatic hydroxyl groups excluding tert-OH is 1. The van der Waals surface area contributed by atoms with E-state index in [0.717, 1.165) is 5.56 Å². The van der Waals surface area contributed by atoms with Crippen LogP contribution in [0.5, 0.6) is 11.5 Å². The molecule has 2 aromatic carbocycles. The molecule has 1 aromatic heterocycles. The third-order valence-electron chi connectivity index (χ3n) is 5.64. The molecule has 176 valence electrons. The summed E-state index contributed by atoms with van der Waals surface area (Å²) in [6.07, 6.45) is 0. The molecule has 1 atom stereocenters. The predicted octanol–water partition coefficient (Wildman–Crippen LogP) is 5.85. The second kappa shape index (κ2) is 9.08. The Hall–Kier alpha value is -3.42. The minimum absolute atomic E-state index is 0.126. The van der Waals surface area contributed by atoms with Gasteiger partial charge in [0.1, 0.15) is 34.8 Å². The number of halogens is 2. The third kappa shape index (κ3) is 3.91. The van der Waals surface area contributed by atoms with Gasteiger partial charge in [0.2, 0.25) is 0 Å². The normalized spacial score (nSPS) is 17.4. The molecule has 1 saturated heterocycles. The molecule has 0 saturated carbocycles. The summed E-state index contributed by atoms with van der Waals surface area (Å²) in [6.45, 7) is 3.57. The van der Waals surface area contributed by atoms with Crippen molar-refractivity contribution in [1.82, 2.24) is 0 Å². The van der Waals surface area contributed by atoms with Crippen molar-refractivity contribution in [2.75, 3.05) is 19.1 Å². The van der Waals surface area contributed by atoms with Gasteiger partial charge in [-0.1, -0.05) is 29.3 Å². The number of anilines is 1. The number of rotatable bonds is 5. The van der Waals surface area contributed by atoms with Crippen molar-refractivity contribution in [1.29, 1.82) is 0 Å². The maximum Gasteiger partial charge on any atom is 0.300 e. The van der Waals surface area contributed by atoms with Crippen LogP contribution in [0.3, 0.4) is 0 Å². The highest BCUT2D eigenvalue weighted by molar-refractivity contribution is 6.52. The van der Waals surface area contributed by atoms with Crippen LogP contribution < -0.4 is 14.4 Å². The highest BCUT2D eigenvalue weighted by atomic mass is 35.5. The average Bonchev–Trinajstić information content (AvgIpc) is 3.35. The molecule has 7 nitrogen and oxygen atoms in total. The summed E-state index contributed by atoms with van der Waals surface area (Å²) >= 11 is 12.6. The molecule has 1 N–H and O–H groups in total. The molecule has 1 aliphatic rings. The monoisotopic (exact) mass is 501 g/mol. The van der Waals surface area contributed by atoms with E-state index in [1.807, 2.05) is 6.92 Å². The fourth-order valence-corrected chi connectivity index (χ4v) is 4.31. The lowest BCUT2D eigenvalue weighted by Crippen LogP contribution is -2.29. The molecule has 4 rings (SSSR count). The number of ether oxygens (including phenoxy) is 2. The summed E-state index contributed by atoms with van der Waals surface area (Å²) in [5.41, 5.74) is 1.15. The number of aliphatic hydroxyl groups is 1. The lowest BCUT2D eigenvalue weighted by atomic mass is 9.98. The molecule has 1 fully saturated rings. The Morgan fingerprint density at radius 3 is 2.26 bits per heavy atom. The number of carbonyl (C=O) groups is 2. The van der Waals surface area contributed by atoms with Crippen molar-refractivity contribution >= 4 is 46.3 Å². The molecule has 3 aromatic rings. The van der Waals surface area contributed by atoms with Gasteiger partial charge in [0.05, 0.1) is 30.4 Å². The smallest absolute Gasteiger partial charge is 0.300 e. The van der Waals surface area contributed by atoms with Crippen molar-refractivity contribution in [3.05, 3.63) is 80.7 Å². The maximum absolute atomic E-state index is 13.3. The van der Waals surface area contributed by atoms with Gasteiger partial charge >= 0.3 is 0 Å². The second-order valence-electron chi connectivity index (χ2n) is 7.74. The van der Waals surface area contributed by atoms with Crippen LogP contribution in [-0.2, 0) is 9.59 Å². The van der Waals surface area contributed by atoms with E-state index in [0.29, 0.717) is 28.0 Å². The van der Waals surface area contributed by atoms with Gasteiger partial charge in [0.25, 0.3) is 11.7 Å². The van der Waals surface area contributed by atoms with E-state index in [-0.39, 0.29) is 21.9 Å². The molecular formula is C25H21Cl2NO6. The predicted molar refractivity (Wildman–Crippen MR) is 129 cm³/mol. The Morgan fingerprint density at radius 1 is 0.971 bits per heavy atom. The van der Waals surface area contributed by atoms with Gasteiger partial charge in [-0.05, 0) is 49.7 Å². The highest BCUT2D eigenvalue weighted by Gasteiger charge is 2.48. The average molecular weight is 502 g/mol. The molecule has 1 amide bonds. The van der Waals surface area contributed by atoms with Gasteiger partial charge in [-0.25, -0.2) is 0 Å². The minimum atomic E-state index is -1.04. The van der Waals surface area contributed by atoms with E-state index in [1.165, 1.54) is 31.3 Å². The van der Waals surface area contributed by atoms with E-state index in [4.69, 9.17) is 37.1 Å². The molecule has 1 unspecified atom stereocenters. The largest absolute Gasteiger partial charge is 0.507 e. The standard InChI is InChI=1S/C25H21Cl2NO6/c1-12-5-7-14(9-16(12)26)28-22(18-8-6-13(2)34-18)21(24(30)25(28)31)23(29)15-10-17(27)20(33-4)11-19(15)32-3/h5-11,22,29H,1-4H3/b23-21+.